The highest BCUT2D eigenvalue weighted by atomic mass is 35.5. The maximum atomic E-state index is 12.2. The third kappa shape index (κ3) is 5.01. The molecular formula is C17H20ClNO4. The van der Waals surface area contributed by atoms with E-state index >= 15 is 0 Å². The van der Waals surface area contributed by atoms with Crippen molar-refractivity contribution in [2.24, 2.45) is 0 Å². The highest BCUT2D eigenvalue weighted by molar-refractivity contribution is 6.30. The van der Waals surface area contributed by atoms with E-state index in [2.05, 4.69) is 5.32 Å². The van der Waals surface area contributed by atoms with E-state index in [1.165, 1.54) is 12.5 Å². The highest BCUT2D eigenvalue weighted by Crippen LogP contribution is 2.21. The second-order valence-corrected chi connectivity index (χ2v) is 6.12. The van der Waals surface area contributed by atoms with Crippen molar-refractivity contribution in [1.29, 1.82) is 0 Å². The quantitative estimate of drug-likeness (QED) is 0.813. The van der Waals surface area contributed by atoms with Crippen LogP contribution in [0.2, 0.25) is 5.02 Å². The number of hydrogen-bond donors (Lipinski definition) is 2. The lowest BCUT2D eigenvalue weighted by molar-refractivity contribution is -0.134. The topological polar surface area (TPSA) is 71.7 Å². The molecule has 0 bridgehead atoms. The predicted molar refractivity (Wildman–Crippen MR) is 87.5 cm³/mol. The summed E-state index contributed by atoms with van der Waals surface area (Å²) in [6.07, 6.45) is 2.71. The molecule has 23 heavy (non-hydrogen) atoms. The lowest BCUT2D eigenvalue weighted by atomic mass is 10.1. The largest absolute Gasteiger partial charge is 0.478 e. The molecule has 0 saturated carbocycles. The van der Waals surface area contributed by atoms with Gasteiger partial charge in [0.25, 0.3) is 5.91 Å². The molecule has 5 nitrogen and oxygen atoms in total. The van der Waals surface area contributed by atoms with Crippen LogP contribution in [0.1, 0.15) is 31.9 Å². The Hall–Kier alpha value is -1.98. The molecule has 2 N–H and O–H groups in total. The molecule has 0 radical (unpaired) electrons. The Labute approximate surface area is 140 Å². The molecule has 124 valence electrons. The van der Waals surface area contributed by atoms with Gasteiger partial charge >= 0.3 is 0 Å². The Balaban J connectivity index is 1.82. The summed E-state index contributed by atoms with van der Waals surface area (Å²) in [6.45, 7) is 3.70. The molecule has 6 heteroatoms. The molecule has 2 rings (SSSR count). The fourth-order valence-electron chi connectivity index (χ4n) is 2.01. The van der Waals surface area contributed by atoms with Crippen molar-refractivity contribution in [3.05, 3.63) is 53.4 Å². The Morgan fingerprint density at radius 1 is 1.35 bits per heavy atom. The molecule has 1 amide bonds. The number of benzene rings is 1. The van der Waals surface area contributed by atoms with Crippen LogP contribution in [0.4, 0.5) is 0 Å². The van der Waals surface area contributed by atoms with Crippen LogP contribution in [0.25, 0.3) is 0 Å². The van der Waals surface area contributed by atoms with Crippen molar-refractivity contribution in [2.45, 2.75) is 32.0 Å². The first kappa shape index (κ1) is 17.4. The lowest BCUT2D eigenvalue weighted by Gasteiger charge is -2.25. The van der Waals surface area contributed by atoms with Crippen LogP contribution in [-0.4, -0.2) is 23.2 Å². The zero-order chi connectivity index (χ0) is 16.9. The second kappa shape index (κ2) is 7.53. The first-order chi connectivity index (χ1) is 10.9. The van der Waals surface area contributed by atoms with Crippen molar-refractivity contribution in [2.75, 3.05) is 6.54 Å². The molecule has 0 unspecified atom stereocenters. The molecular weight excluding hydrogens is 318 g/mol. The van der Waals surface area contributed by atoms with Gasteiger partial charge in [0, 0.05) is 17.1 Å². The van der Waals surface area contributed by atoms with Gasteiger partial charge in [0.1, 0.15) is 5.75 Å². The molecule has 1 heterocycles. The number of carbonyl (C=O) groups excluding carboxylic acids is 1. The summed E-state index contributed by atoms with van der Waals surface area (Å²) in [6, 6.07) is 8.51. The summed E-state index contributed by atoms with van der Waals surface area (Å²) in [5, 5.41) is 13.3. The molecule has 0 fully saturated rings. The minimum atomic E-state index is -1.03. The number of ether oxygens (including phenoxy) is 1. The molecule has 1 atom stereocenters. The minimum Gasteiger partial charge on any atom is -0.478 e. The van der Waals surface area contributed by atoms with Gasteiger partial charge in [-0.1, -0.05) is 11.6 Å². The van der Waals surface area contributed by atoms with E-state index < -0.39 is 11.7 Å². The van der Waals surface area contributed by atoms with E-state index in [4.69, 9.17) is 20.8 Å². The van der Waals surface area contributed by atoms with Gasteiger partial charge in [-0.3, -0.25) is 4.79 Å². The van der Waals surface area contributed by atoms with E-state index in [1.807, 2.05) is 0 Å². The van der Waals surface area contributed by atoms with Crippen molar-refractivity contribution in [1.82, 2.24) is 5.32 Å². The number of nitrogens with one attached hydrogen (secondary N) is 1. The smallest absolute Gasteiger partial charge is 0.263 e. The van der Waals surface area contributed by atoms with E-state index in [-0.39, 0.29) is 5.91 Å². The van der Waals surface area contributed by atoms with Crippen molar-refractivity contribution in [3.63, 3.8) is 0 Å². The summed E-state index contributed by atoms with van der Waals surface area (Å²) >= 11 is 5.82. The van der Waals surface area contributed by atoms with Gasteiger partial charge in [-0.05, 0) is 50.6 Å². The summed E-state index contributed by atoms with van der Waals surface area (Å²) in [4.78, 5) is 12.2. The van der Waals surface area contributed by atoms with Gasteiger partial charge < -0.3 is 19.6 Å². The van der Waals surface area contributed by atoms with Gasteiger partial charge in [-0.25, -0.2) is 0 Å². The fourth-order valence-corrected chi connectivity index (χ4v) is 2.14. The Morgan fingerprint density at radius 2 is 2.04 bits per heavy atom. The van der Waals surface area contributed by atoms with Crippen LogP contribution in [-0.2, 0) is 4.79 Å². The number of halogens is 1. The van der Waals surface area contributed by atoms with Crippen LogP contribution in [0.5, 0.6) is 5.75 Å². The maximum absolute atomic E-state index is 12.2. The SMILES string of the molecule is CC(C)(Oc1ccc(Cl)cc1)C(=O)NCC[C@H](O)c1ccoc1. The Bertz CT molecular complexity index is 623. The lowest BCUT2D eigenvalue weighted by Crippen LogP contribution is -2.47. The van der Waals surface area contributed by atoms with E-state index in [0.29, 0.717) is 29.3 Å². The molecule has 0 aliphatic carbocycles. The van der Waals surface area contributed by atoms with Gasteiger partial charge in [0.2, 0.25) is 0 Å². The number of rotatable bonds is 7. The van der Waals surface area contributed by atoms with Crippen LogP contribution in [0.3, 0.4) is 0 Å². The molecule has 0 spiro atoms. The van der Waals surface area contributed by atoms with Crippen molar-refractivity contribution in [3.8, 4) is 5.75 Å². The van der Waals surface area contributed by atoms with Crippen LogP contribution >= 0.6 is 11.6 Å². The number of carbonyl (C=O) groups is 1. The summed E-state index contributed by atoms with van der Waals surface area (Å²) in [5.74, 6) is 0.305. The molecule has 1 aromatic carbocycles. The van der Waals surface area contributed by atoms with Crippen molar-refractivity contribution < 1.29 is 19.1 Å². The van der Waals surface area contributed by atoms with E-state index in [9.17, 15) is 9.90 Å². The van der Waals surface area contributed by atoms with Crippen LogP contribution < -0.4 is 10.1 Å². The van der Waals surface area contributed by atoms with Crippen molar-refractivity contribution >= 4 is 17.5 Å². The zero-order valence-corrected chi connectivity index (χ0v) is 13.8. The Kier molecular flexibility index (Phi) is 5.69. The number of amides is 1. The molecule has 0 aliphatic rings. The third-order valence-corrected chi connectivity index (χ3v) is 3.62. The fraction of sp³-hybridized carbons (Fsp3) is 0.353. The van der Waals surface area contributed by atoms with Gasteiger partial charge in [0.05, 0.1) is 18.6 Å². The third-order valence-electron chi connectivity index (χ3n) is 3.36. The van der Waals surface area contributed by atoms with E-state index in [1.54, 1.807) is 44.2 Å². The first-order valence-corrected chi connectivity index (χ1v) is 7.69. The second-order valence-electron chi connectivity index (χ2n) is 5.68. The minimum absolute atomic E-state index is 0.258. The standard InChI is InChI=1S/C17H20ClNO4/c1-17(2,23-14-5-3-13(18)4-6-14)16(21)19-9-7-15(20)12-8-10-22-11-12/h3-6,8,10-11,15,20H,7,9H2,1-2H3,(H,19,21)/t15-/m0/s1. The van der Waals surface area contributed by atoms with Crippen LogP contribution in [0.15, 0.2) is 47.3 Å². The molecule has 1 aromatic heterocycles. The summed E-state index contributed by atoms with van der Waals surface area (Å²) < 4.78 is 10.6. The molecule has 2 aromatic rings. The van der Waals surface area contributed by atoms with Gasteiger partial charge in [0.15, 0.2) is 5.60 Å². The zero-order valence-electron chi connectivity index (χ0n) is 13.1. The highest BCUT2D eigenvalue weighted by Gasteiger charge is 2.29. The number of aliphatic hydroxyl groups is 1. The monoisotopic (exact) mass is 337 g/mol. The van der Waals surface area contributed by atoms with Crippen LogP contribution in [0, 0.1) is 0 Å². The normalized spacial score (nSPS) is 12.7. The van der Waals surface area contributed by atoms with E-state index in [0.717, 1.165) is 0 Å². The number of furan rings is 1. The maximum Gasteiger partial charge on any atom is 0.263 e. The summed E-state index contributed by atoms with van der Waals surface area (Å²) in [5.41, 5.74) is -0.343. The average Bonchev–Trinajstić information content (AvgIpc) is 3.03. The summed E-state index contributed by atoms with van der Waals surface area (Å²) in [7, 11) is 0. The molecule has 0 aliphatic heterocycles. The average molecular weight is 338 g/mol. The predicted octanol–water partition coefficient (Wildman–Crippen LogP) is 3.33. The van der Waals surface area contributed by atoms with Gasteiger partial charge in [-0.2, -0.15) is 0 Å². The Morgan fingerprint density at radius 3 is 2.65 bits per heavy atom. The number of aliphatic hydroxyl groups excluding tert-OH is 1. The molecule has 0 saturated heterocycles. The number of hydrogen-bond acceptors (Lipinski definition) is 4. The first-order valence-electron chi connectivity index (χ1n) is 7.31. The van der Waals surface area contributed by atoms with Gasteiger partial charge in [-0.15, -0.1) is 0 Å².